The van der Waals surface area contributed by atoms with Gasteiger partial charge in [0.15, 0.2) is 0 Å². The van der Waals surface area contributed by atoms with Crippen molar-refractivity contribution in [3.63, 3.8) is 0 Å². The smallest absolute Gasteiger partial charge is 0.274 e. The predicted octanol–water partition coefficient (Wildman–Crippen LogP) is 0.552. The Morgan fingerprint density at radius 1 is 1.50 bits per heavy atom. The van der Waals surface area contributed by atoms with Gasteiger partial charge in [-0.05, 0) is 25.1 Å². The first-order valence-electron chi connectivity index (χ1n) is 6.18. The minimum absolute atomic E-state index is 0.189. The van der Waals surface area contributed by atoms with Crippen molar-refractivity contribution >= 4 is 16.8 Å². The maximum atomic E-state index is 12.2. The number of benzene rings is 1. The number of carbonyl (C=O) groups is 1. The van der Waals surface area contributed by atoms with Gasteiger partial charge in [0.25, 0.3) is 11.5 Å². The predicted molar refractivity (Wildman–Crippen MR) is 71.7 cm³/mol. The van der Waals surface area contributed by atoms with Crippen LogP contribution in [0.3, 0.4) is 0 Å². The Bertz CT molecular complexity index is 681. The summed E-state index contributed by atoms with van der Waals surface area (Å²) in [6, 6.07) is 4.44. The minimum Gasteiger partial charge on any atom is -0.380 e. The van der Waals surface area contributed by atoms with Crippen molar-refractivity contribution in [3.05, 3.63) is 40.4 Å². The number of hydrogen-bond donors (Lipinski definition) is 2. The van der Waals surface area contributed by atoms with E-state index >= 15 is 0 Å². The lowest BCUT2D eigenvalue weighted by Crippen LogP contribution is -2.23. The summed E-state index contributed by atoms with van der Waals surface area (Å²) in [6.07, 6.45) is 1.42. The third-order valence-corrected chi connectivity index (χ3v) is 2.87. The maximum Gasteiger partial charge on any atom is 0.274 e. The van der Waals surface area contributed by atoms with E-state index in [1.807, 2.05) is 6.92 Å². The molecule has 0 aliphatic heterocycles. The van der Waals surface area contributed by atoms with Crippen molar-refractivity contribution in [3.8, 4) is 0 Å². The van der Waals surface area contributed by atoms with Crippen LogP contribution in [0.25, 0.3) is 10.9 Å². The average Bonchev–Trinajstić information content (AvgIpc) is 2.48. The number of hydroxylamine groups is 1. The molecule has 0 atom stereocenters. The SMILES string of the molecule is CCOCCn1cnc2cc(C(=O)NO)ccc2c1=O. The number of hydrogen-bond acceptors (Lipinski definition) is 5. The first kappa shape index (κ1) is 14.2. The standard InChI is InChI=1S/C13H15N3O4/c1-2-20-6-5-16-8-14-11-7-9(12(17)15-19)3-4-10(11)13(16)18/h3-4,7-8,19H,2,5-6H2,1H3,(H,15,17). The molecule has 0 radical (unpaired) electrons. The Morgan fingerprint density at radius 2 is 2.30 bits per heavy atom. The van der Waals surface area contributed by atoms with Crippen LogP contribution in [0.4, 0.5) is 0 Å². The molecule has 2 aromatic rings. The van der Waals surface area contributed by atoms with Gasteiger partial charge in [0.1, 0.15) is 0 Å². The summed E-state index contributed by atoms with van der Waals surface area (Å²) in [7, 11) is 0. The lowest BCUT2D eigenvalue weighted by Gasteiger charge is -2.07. The molecule has 0 saturated heterocycles. The fourth-order valence-corrected chi connectivity index (χ4v) is 1.83. The highest BCUT2D eigenvalue weighted by molar-refractivity contribution is 5.96. The number of rotatable bonds is 5. The number of ether oxygens (including phenoxy) is 1. The zero-order valence-corrected chi connectivity index (χ0v) is 11.0. The maximum absolute atomic E-state index is 12.2. The van der Waals surface area contributed by atoms with Crippen molar-refractivity contribution < 1.29 is 14.7 Å². The first-order chi connectivity index (χ1) is 9.67. The molecule has 1 aromatic heterocycles. The van der Waals surface area contributed by atoms with Gasteiger partial charge in [0, 0.05) is 12.2 Å². The van der Waals surface area contributed by atoms with Crippen molar-refractivity contribution in [1.82, 2.24) is 15.0 Å². The van der Waals surface area contributed by atoms with Crippen molar-refractivity contribution in [1.29, 1.82) is 0 Å². The zero-order valence-electron chi connectivity index (χ0n) is 11.0. The van der Waals surface area contributed by atoms with Crippen LogP contribution in [-0.2, 0) is 11.3 Å². The second kappa shape index (κ2) is 6.27. The molecule has 0 bridgehead atoms. The van der Waals surface area contributed by atoms with E-state index in [1.165, 1.54) is 34.6 Å². The normalized spacial score (nSPS) is 10.7. The molecule has 0 spiro atoms. The molecule has 1 amide bonds. The molecule has 7 nitrogen and oxygen atoms in total. The molecule has 1 aromatic carbocycles. The van der Waals surface area contributed by atoms with Gasteiger partial charge in [-0.2, -0.15) is 0 Å². The van der Waals surface area contributed by atoms with Crippen LogP contribution < -0.4 is 11.0 Å². The Hall–Kier alpha value is -2.25. The number of nitrogens with zero attached hydrogens (tertiary/aromatic N) is 2. The van der Waals surface area contributed by atoms with E-state index in [9.17, 15) is 9.59 Å². The summed E-state index contributed by atoms with van der Waals surface area (Å²) in [5, 5.41) is 9.00. The Labute approximate surface area is 114 Å². The van der Waals surface area contributed by atoms with E-state index in [1.54, 1.807) is 0 Å². The molecule has 2 N–H and O–H groups in total. The summed E-state index contributed by atoms with van der Waals surface area (Å²) in [4.78, 5) is 27.6. The van der Waals surface area contributed by atoms with E-state index < -0.39 is 5.91 Å². The second-order valence-corrected chi connectivity index (χ2v) is 4.11. The van der Waals surface area contributed by atoms with Gasteiger partial charge in [0.05, 0.1) is 30.4 Å². The summed E-state index contributed by atoms with van der Waals surface area (Å²) in [6.45, 7) is 3.34. The molecular formula is C13H15N3O4. The van der Waals surface area contributed by atoms with E-state index in [2.05, 4.69) is 4.98 Å². The van der Waals surface area contributed by atoms with Crippen LogP contribution in [0.5, 0.6) is 0 Å². The van der Waals surface area contributed by atoms with Gasteiger partial charge in [-0.25, -0.2) is 10.5 Å². The third kappa shape index (κ3) is 2.84. The van der Waals surface area contributed by atoms with E-state index in [4.69, 9.17) is 9.94 Å². The number of carbonyl (C=O) groups excluding carboxylic acids is 1. The summed E-state index contributed by atoms with van der Waals surface area (Å²) in [5.41, 5.74) is 1.99. The fraction of sp³-hybridized carbons (Fsp3) is 0.308. The first-order valence-corrected chi connectivity index (χ1v) is 6.18. The molecule has 0 unspecified atom stereocenters. The highest BCUT2D eigenvalue weighted by Gasteiger charge is 2.08. The molecule has 7 heteroatoms. The second-order valence-electron chi connectivity index (χ2n) is 4.11. The Balaban J connectivity index is 2.37. The zero-order chi connectivity index (χ0) is 14.5. The highest BCUT2D eigenvalue weighted by atomic mass is 16.5. The summed E-state index contributed by atoms with van der Waals surface area (Å²) < 4.78 is 6.66. The monoisotopic (exact) mass is 277 g/mol. The molecule has 0 aliphatic carbocycles. The molecule has 20 heavy (non-hydrogen) atoms. The van der Waals surface area contributed by atoms with Crippen LogP contribution in [0.2, 0.25) is 0 Å². The number of amides is 1. The molecule has 0 saturated carbocycles. The molecule has 106 valence electrons. The quantitative estimate of drug-likeness (QED) is 0.473. The van der Waals surface area contributed by atoms with Gasteiger partial charge >= 0.3 is 0 Å². The van der Waals surface area contributed by atoms with E-state index in [0.29, 0.717) is 30.7 Å². The Morgan fingerprint density at radius 3 is 3.00 bits per heavy atom. The minimum atomic E-state index is -0.644. The average molecular weight is 277 g/mol. The molecule has 2 rings (SSSR count). The van der Waals surface area contributed by atoms with Crippen LogP contribution in [0.15, 0.2) is 29.3 Å². The number of fused-ring (bicyclic) bond motifs is 1. The van der Waals surface area contributed by atoms with Gasteiger partial charge in [-0.1, -0.05) is 0 Å². The van der Waals surface area contributed by atoms with Gasteiger partial charge in [-0.3, -0.25) is 19.4 Å². The summed E-state index contributed by atoms with van der Waals surface area (Å²) >= 11 is 0. The van der Waals surface area contributed by atoms with E-state index in [-0.39, 0.29) is 11.1 Å². The molecule has 0 fully saturated rings. The lowest BCUT2D eigenvalue weighted by molar-refractivity contribution is 0.0706. The topological polar surface area (TPSA) is 93.5 Å². The number of nitrogens with one attached hydrogen (secondary N) is 1. The van der Waals surface area contributed by atoms with Crippen LogP contribution in [0, 0.1) is 0 Å². The largest absolute Gasteiger partial charge is 0.380 e. The van der Waals surface area contributed by atoms with Gasteiger partial charge in [0.2, 0.25) is 0 Å². The fourth-order valence-electron chi connectivity index (χ4n) is 1.83. The molecular weight excluding hydrogens is 262 g/mol. The van der Waals surface area contributed by atoms with Crippen LogP contribution in [-0.4, -0.2) is 33.9 Å². The van der Waals surface area contributed by atoms with Crippen LogP contribution in [0.1, 0.15) is 17.3 Å². The molecule has 0 aliphatic rings. The molecule has 1 heterocycles. The van der Waals surface area contributed by atoms with E-state index in [0.717, 1.165) is 0 Å². The third-order valence-electron chi connectivity index (χ3n) is 2.87. The number of aromatic nitrogens is 2. The van der Waals surface area contributed by atoms with Crippen molar-refractivity contribution in [2.75, 3.05) is 13.2 Å². The summed E-state index contributed by atoms with van der Waals surface area (Å²) in [5.74, 6) is -0.644. The van der Waals surface area contributed by atoms with Crippen molar-refractivity contribution in [2.24, 2.45) is 0 Å². The Kier molecular flexibility index (Phi) is 4.44. The van der Waals surface area contributed by atoms with Crippen LogP contribution >= 0.6 is 0 Å². The highest BCUT2D eigenvalue weighted by Crippen LogP contribution is 2.10. The van der Waals surface area contributed by atoms with Gasteiger partial charge < -0.3 is 4.74 Å². The lowest BCUT2D eigenvalue weighted by atomic mass is 10.1. The van der Waals surface area contributed by atoms with Crippen molar-refractivity contribution in [2.45, 2.75) is 13.5 Å². The van der Waals surface area contributed by atoms with Gasteiger partial charge in [-0.15, -0.1) is 0 Å².